The highest BCUT2D eigenvalue weighted by Gasteiger charge is 2.36. The predicted molar refractivity (Wildman–Crippen MR) is 103 cm³/mol. The van der Waals surface area contributed by atoms with E-state index in [9.17, 15) is 5.11 Å². The highest BCUT2D eigenvalue weighted by atomic mass is 35.5. The predicted octanol–water partition coefficient (Wildman–Crippen LogP) is 3.72. The number of likely N-dealkylation sites (tertiary alicyclic amines) is 1. The van der Waals surface area contributed by atoms with E-state index in [1.54, 1.807) is 0 Å². The summed E-state index contributed by atoms with van der Waals surface area (Å²) in [6.07, 6.45) is 6.24. The van der Waals surface area contributed by atoms with Crippen LogP contribution in [0.2, 0.25) is 0 Å². The maximum atomic E-state index is 10.3. The van der Waals surface area contributed by atoms with Gasteiger partial charge < -0.3 is 10.8 Å². The Kier molecular flexibility index (Phi) is 11.1. The molecule has 3 N–H and O–H groups in total. The third-order valence-corrected chi connectivity index (χ3v) is 5.02. The van der Waals surface area contributed by atoms with E-state index in [0.29, 0.717) is 6.54 Å². The van der Waals surface area contributed by atoms with Gasteiger partial charge in [-0.05, 0) is 31.2 Å². The number of rotatable bonds is 7. The van der Waals surface area contributed by atoms with Crippen molar-refractivity contribution in [1.82, 2.24) is 4.90 Å². The second kappa shape index (κ2) is 11.3. The zero-order valence-corrected chi connectivity index (χ0v) is 15.7. The molecule has 0 amide bonds. The molecule has 0 aromatic heterocycles. The van der Waals surface area contributed by atoms with Crippen molar-refractivity contribution in [3.8, 4) is 0 Å². The summed E-state index contributed by atoms with van der Waals surface area (Å²) in [6, 6.07) is 10.6. The SMILES string of the molecule is CCCCCC(O)N1CCC(CN)(c2ccccc2)CC1.Cl.Cl. The smallest absolute Gasteiger partial charge is 0.107 e. The lowest BCUT2D eigenvalue weighted by atomic mass is 9.73. The molecular weight excluding hydrogens is 331 g/mol. The van der Waals surface area contributed by atoms with E-state index in [0.717, 1.165) is 38.8 Å². The van der Waals surface area contributed by atoms with Gasteiger partial charge in [-0.2, -0.15) is 0 Å². The van der Waals surface area contributed by atoms with Gasteiger partial charge in [0.25, 0.3) is 0 Å². The number of hydrogen-bond acceptors (Lipinski definition) is 3. The fourth-order valence-electron chi connectivity index (χ4n) is 3.41. The van der Waals surface area contributed by atoms with Crippen LogP contribution in [0.1, 0.15) is 51.0 Å². The second-order valence-electron chi connectivity index (χ2n) is 6.36. The lowest BCUT2D eigenvalue weighted by Gasteiger charge is -2.43. The van der Waals surface area contributed by atoms with Crippen LogP contribution in [-0.4, -0.2) is 35.9 Å². The van der Waals surface area contributed by atoms with Gasteiger partial charge in [-0.15, -0.1) is 24.8 Å². The summed E-state index contributed by atoms with van der Waals surface area (Å²) in [5.74, 6) is 0. The van der Waals surface area contributed by atoms with Gasteiger partial charge in [0.05, 0.1) is 0 Å². The summed E-state index contributed by atoms with van der Waals surface area (Å²) in [5.41, 5.74) is 7.56. The standard InChI is InChI=1S/C18H30N2O.2ClH/c1-2-3-5-10-17(21)20-13-11-18(15-19,12-14-20)16-8-6-4-7-9-16;;/h4,6-9,17,21H,2-3,5,10-15,19H2,1H3;2*1H. The lowest BCUT2D eigenvalue weighted by molar-refractivity contribution is -0.0272. The molecule has 134 valence electrons. The molecule has 1 unspecified atom stereocenters. The van der Waals surface area contributed by atoms with E-state index in [2.05, 4.69) is 42.2 Å². The first-order valence-corrected chi connectivity index (χ1v) is 8.39. The number of benzene rings is 1. The highest BCUT2D eigenvalue weighted by molar-refractivity contribution is 5.85. The molecule has 0 bridgehead atoms. The monoisotopic (exact) mass is 362 g/mol. The molecule has 5 heteroatoms. The summed E-state index contributed by atoms with van der Waals surface area (Å²) < 4.78 is 0. The lowest BCUT2D eigenvalue weighted by Crippen LogP contribution is -2.49. The fraction of sp³-hybridized carbons (Fsp3) is 0.667. The second-order valence-corrected chi connectivity index (χ2v) is 6.36. The Hall–Kier alpha value is -0.320. The molecule has 2 rings (SSSR count). The average Bonchev–Trinajstić information content (AvgIpc) is 2.56. The van der Waals surface area contributed by atoms with Crippen LogP contribution in [0.5, 0.6) is 0 Å². The van der Waals surface area contributed by atoms with Gasteiger partial charge in [-0.3, -0.25) is 4.90 Å². The van der Waals surface area contributed by atoms with E-state index in [1.807, 2.05) is 0 Å². The first-order valence-electron chi connectivity index (χ1n) is 8.39. The van der Waals surface area contributed by atoms with Gasteiger partial charge in [0.1, 0.15) is 6.23 Å². The quantitative estimate of drug-likeness (QED) is 0.726. The first-order chi connectivity index (χ1) is 10.2. The largest absolute Gasteiger partial charge is 0.378 e. The van der Waals surface area contributed by atoms with Gasteiger partial charge in [0, 0.05) is 25.0 Å². The van der Waals surface area contributed by atoms with Crippen LogP contribution >= 0.6 is 24.8 Å². The van der Waals surface area contributed by atoms with Crippen LogP contribution in [0, 0.1) is 0 Å². The average molecular weight is 363 g/mol. The zero-order valence-electron chi connectivity index (χ0n) is 14.1. The summed E-state index contributed by atoms with van der Waals surface area (Å²) in [7, 11) is 0. The number of unbranched alkanes of at least 4 members (excludes halogenated alkanes) is 2. The van der Waals surface area contributed by atoms with Gasteiger partial charge >= 0.3 is 0 Å². The van der Waals surface area contributed by atoms with Gasteiger partial charge in [-0.25, -0.2) is 0 Å². The fourth-order valence-corrected chi connectivity index (χ4v) is 3.41. The van der Waals surface area contributed by atoms with Crippen molar-refractivity contribution in [2.45, 2.75) is 57.1 Å². The Morgan fingerprint density at radius 2 is 1.74 bits per heavy atom. The molecule has 0 radical (unpaired) electrons. The maximum absolute atomic E-state index is 10.3. The third-order valence-electron chi connectivity index (χ3n) is 5.02. The zero-order chi connectivity index (χ0) is 15.1. The van der Waals surface area contributed by atoms with E-state index < -0.39 is 0 Å². The van der Waals surface area contributed by atoms with Crippen molar-refractivity contribution < 1.29 is 5.11 Å². The number of nitrogens with two attached hydrogens (primary N) is 1. The van der Waals surface area contributed by atoms with Crippen LogP contribution in [0.25, 0.3) is 0 Å². The summed E-state index contributed by atoms with van der Waals surface area (Å²) in [4.78, 5) is 2.23. The Bertz CT molecular complexity index is 409. The van der Waals surface area contributed by atoms with Crippen molar-refractivity contribution in [2.24, 2.45) is 5.73 Å². The molecule has 1 aromatic carbocycles. The molecular formula is C18H32Cl2N2O. The molecule has 0 saturated carbocycles. The van der Waals surface area contributed by atoms with Crippen molar-refractivity contribution in [2.75, 3.05) is 19.6 Å². The maximum Gasteiger partial charge on any atom is 0.107 e. The normalized spacial score (nSPS) is 18.6. The highest BCUT2D eigenvalue weighted by Crippen LogP contribution is 2.35. The van der Waals surface area contributed by atoms with Crippen molar-refractivity contribution >= 4 is 24.8 Å². The van der Waals surface area contributed by atoms with E-state index in [-0.39, 0.29) is 36.5 Å². The summed E-state index contributed by atoms with van der Waals surface area (Å²) in [5, 5.41) is 10.3. The Labute approximate surface area is 153 Å². The number of aliphatic hydroxyl groups excluding tert-OH is 1. The molecule has 1 atom stereocenters. The summed E-state index contributed by atoms with van der Waals surface area (Å²) >= 11 is 0. The minimum absolute atomic E-state index is 0. The van der Waals surface area contributed by atoms with Gasteiger partial charge in [0.15, 0.2) is 0 Å². The number of hydrogen-bond donors (Lipinski definition) is 2. The van der Waals surface area contributed by atoms with Crippen LogP contribution in [0.3, 0.4) is 0 Å². The molecule has 3 nitrogen and oxygen atoms in total. The van der Waals surface area contributed by atoms with E-state index in [4.69, 9.17) is 5.73 Å². The summed E-state index contributed by atoms with van der Waals surface area (Å²) in [6.45, 7) is 4.78. The third kappa shape index (κ3) is 5.91. The molecule has 1 aliphatic rings. The Morgan fingerprint density at radius 3 is 2.26 bits per heavy atom. The van der Waals surface area contributed by atoms with E-state index in [1.165, 1.54) is 18.4 Å². The molecule has 1 fully saturated rings. The Morgan fingerprint density at radius 1 is 1.13 bits per heavy atom. The topological polar surface area (TPSA) is 49.5 Å². The minimum atomic E-state index is -0.275. The number of aliphatic hydroxyl groups is 1. The molecule has 23 heavy (non-hydrogen) atoms. The van der Waals surface area contributed by atoms with Crippen LogP contribution in [-0.2, 0) is 5.41 Å². The van der Waals surface area contributed by atoms with Gasteiger partial charge in [0.2, 0.25) is 0 Å². The number of piperidine rings is 1. The van der Waals surface area contributed by atoms with Crippen molar-refractivity contribution in [3.05, 3.63) is 35.9 Å². The van der Waals surface area contributed by atoms with Crippen LogP contribution in [0.15, 0.2) is 30.3 Å². The van der Waals surface area contributed by atoms with Crippen LogP contribution in [0.4, 0.5) is 0 Å². The van der Waals surface area contributed by atoms with Crippen molar-refractivity contribution in [1.29, 1.82) is 0 Å². The Balaban J connectivity index is 0.00000242. The van der Waals surface area contributed by atoms with Crippen molar-refractivity contribution in [3.63, 3.8) is 0 Å². The number of halogens is 2. The van der Waals surface area contributed by atoms with E-state index >= 15 is 0 Å². The minimum Gasteiger partial charge on any atom is -0.378 e. The molecule has 1 aromatic rings. The number of nitrogens with zero attached hydrogens (tertiary/aromatic N) is 1. The molecule has 0 spiro atoms. The first kappa shape index (κ1) is 22.7. The molecule has 0 aliphatic carbocycles. The van der Waals surface area contributed by atoms with Gasteiger partial charge in [-0.1, -0.05) is 50.1 Å². The molecule has 1 aliphatic heterocycles. The molecule has 1 saturated heterocycles. The molecule has 1 heterocycles. The van der Waals surface area contributed by atoms with Crippen LogP contribution < -0.4 is 5.73 Å².